The van der Waals surface area contributed by atoms with E-state index >= 15 is 0 Å². The summed E-state index contributed by atoms with van der Waals surface area (Å²) in [6.45, 7) is 0. The maximum atomic E-state index is 12.9. The van der Waals surface area contributed by atoms with Crippen LogP contribution in [0.15, 0.2) is 36.4 Å². The zero-order valence-electron chi connectivity index (χ0n) is 6.83. The Bertz CT molecular complexity index is 383. The molecule has 0 aliphatic heterocycles. The van der Waals surface area contributed by atoms with Gasteiger partial charge in [-0.1, -0.05) is 24.0 Å². The summed E-state index contributed by atoms with van der Waals surface area (Å²) in [5, 5.41) is 0. The van der Waals surface area contributed by atoms with Crippen molar-refractivity contribution in [2.75, 3.05) is 0 Å². The molecule has 0 aliphatic carbocycles. The third kappa shape index (κ3) is 2.92. The number of halogens is 1. The minimum Gasteiger partial charge on any atom is -0.299 e. The Labute approximate surface area is 75.9 Å². The average molecular weight is 174 g/mol. The normalized spacial score (nSPS) is 9.31. The molecular formula is C11H7FO. The van der Waals surface area contributed by atoms with E-state index < -0.39 is 0 Å². The highest BCUT2D eigenvalue weighted by Crippen LogP contribution is 2.03. The van der Waals surface area contributed by atoms with Gasteiger partial charge in [0, 0.05) is 0 Å². The molecule has 13 heavy (non-hydrogen) atoms. The van der Waals surface area contributed by atoms with E-state index in [1.54, 1.807) is 18.2 Å². The smallest absolute Gasteiger partial charge is 0.143 e. The maximum Gasteiger partial charge on any atom is 0.143 e. The fourth-order valence-corrected chi connectivity index (χ4v) is 0.769. The van der Waals surface area contributed by atoms with Crippen LogP contribution in [0.25, 0.3) is 0 Å². The molecule has 0 bridgehead atoms. The van der Waals surface area contributed by atoms with Crippen LogP contribution in [0.4, 0.5) is 4.39 Å². The van der Waals surface area contributed by atoms with Gasteiger partial charge in [0.25, 0.3) is 0 Å². The van der Waals surface area contributed by atoms with E-state index in [2.05, 4.69) is 11.8 Å². The molecule has 1 aromatic rings. The van der Waals surface area contributed by atoms with Gasteiger partial charge in [0.2, 0.25) is 0 Å². The summed E-state index contributed by atoms with van der Waals surface area (Å²) in [7, 11) is 0. The molecule has 2 heteroatoms. The summed E-state index contributed by atoms with van der Waals surface area (Å²) < 4.78 is 12.9. The van der Waals surface area contributed by atoms with Gasteiger partial charge in [-0.2, -0.15) is 0 Å². The predicted octanol–water partition coefficient (Wildman–Crippen LogP) is 1.93. The lowest BCUT2D eigenvalue weighted by Crippen LogP contribution is -1.79. The molecule has 0 aliphatic rings. The zero-order chi connectivity index (χ0) is 9.52. The second-order valence-corrected chi connectivity index (χ2v) is 2.24. The second-order valence-electron chi connectivity index (χ2n) is 2.24. The topological polar surface area (TPSA) is 17.1 Å². The van der Waals surface area contributed by atoms with Crippen molar-refractivity contribution in [3.05, 3.63) is 47.8 Å². The van der Waals surface area contributed by atoms with E-state index in [9.17, 15) is 9.18 Å². The van der Waals surface area contributed by atoms with Crippen LogP contribution >= 0.6 is 0 Å². The molecule has 0 aromatic heterocycles. The van der Waals surface area contributed by atoms with Crippen molar-refractivity contribution in [3.63, 3.8) is 0 Å². The predicted molar refractivity (Wildman–Crippen MR) is 48.5 cm³/mol. The SMILES string of the molecule is O=C/C=C\C#Cc1ccccc1F. The fraction of sp³-hybridized carbons (Fsp3) is 0. The van der Waals surface area contributed by atoms with Gasteiger partial charge in [-0.25, -0.2) is 4.39 Å². The summed E-state index contributed by atoms with van der Waals surface area (Å²) in [6.07, 6.45) is 3.25. The standard InChI is InChI=1S/C11H7FO/c12-11-8-4-3-7-10(11)6-2-1-5-9-13/h1,3-5,7-9H/b5-1-. The van der Waals surface area contributed by atoms with Crippen molar-refractivity contribution in [2.24, 2.45) is 0 Å². The van der Waals surface area contributed by atoms with Gasteiger partial charge < -0.3 is 0 Å². The van der Waals surface area contributed by atoms with Gasteiger partial charge in [-0.3, -0.25) is 4.79 Å². The molecule has 0 amide bonds. The summed E-state index contributed by atoms with van der Waals surface area (Å²) in [6, 6.07) is 6.23. The lowest BCUT2D eigenvalue weighted by molar-refractivity contribution is -0.104. The van der Waals surface area contributed by atoms with Crippen molar-refractivity contribution < 1.29 is 9.18 Å². The molecule has 0 radical (unpaired) electrons. The highest BCUT2D eigenvalue weighted by molar-refractivity contribution is 5.65. The van der Waals surface area contributed by atoms with Crippen molar-refractivity contribution >= 4 is 6.29 Å². The molecule has 0 unspecified atom stereocenters. The average Bonchev–Trinajstić information content (AvgIpc) is 2.15. The molecule has 0 spiro atoms. The molecule has 64 valence electrons. The van der Waals surface area contributed by atoms with Gasteiger partial charge >= 0.3 is 0 Å². The third-order valence-corrected chi connectivity index (χ3v) is 1.34. The summed E-state index contributed by atoms with van der Waals surface area (Å²) in [4.78, 5) is 9.85. The van der Waals surface area contributed by atoms with E-state index in [0.717, 1.165) is 0 Å². The highest BCUT2D eigenvalue weighted by Gasteiger charge is 1.93. The van der Waals surface area contributed by atoms with Crippen LogP contribution in [0, 0.1) is 17.7 Å². The first-order valence-electron chi connectivity index (χ1n) is 3.71. The molecule has 0 atom stereocenters. The largest absolute Gasteiger partial charge is 0.299 e. The van der Waals surface area contributed by atoms with Gasteiger partial charge in [-0.15, -0.1) is 0 Å². The molecule has 1 rings (SSSR count). The summed E-state index contributed by atoms with van der Waals surface area (Å²) >= 11 is 0. The summed E-state index contributed by atoms with van der Waals surface area (Å²) in [5.74, 6) is 4.77. The maximum absolute atomic E-state index is 12.9. The van der Waals surface area contributed by atoms with Gasteiger partial charge in [-0.05, 0) is 24.3 Å². The van der Waals surface area contributed by atoms with Crippen molar-refractivity contribution in [3.8, 4) is 11.8 Å². The number of hydrogen-bond donors (Lipinski definition) is 0. The molecule has 1 aromatic carbocycles. The number of allylic oxidation sites excluding steroid dienone is 2. The van der Waals surface area contributed by atoms with E-state index in [-0.39, 0.29) is 5.82 Å². The first-order chi connectivity index (χ1) is 6.34. The number of carbonyl (C=O) groups excluding carboxylic acids is 1. The Morgan fingerprint density at radius 3 is 2.77 bits per heavy atom. The Kier molecular flexibility index (Phi) is 3.46. The molecule has 0 saturated carbocycles. The monoisotopic (exact) mass is 174 g/mol. The van der Waals surface area contributed by atoms with Crippen LogP contribution in [0.3, 0.4) is 0 Å². The summed E-state index contributed by atoms with van der Waals surface area (Å²) in [5.41, 5.74) is 0.332. The lowest BCUT2D eigenvalue weighted by Gasteiger charge is -1.89. The number of rotatable bonds is 1. The minimum absolute atomic E-state index is 0.332. The molecule has 0 heterocycles. The molecule has 1 nitrogen and oxygen atoms in total. The van der Waals surface area contributed by atoms with Crippen LogP contribution in [-0.2, 0) is 4.79 Å². The van der Waals surface area contributed by atoms with E-state index in [4.69, 9.17) is 0 Å². The lowest BCUT2D eigenvalue weighted by atomic mass is 10.2. The van der Waals surface area contributed by atoms with E-state index in [1.807, 2.05) is 0 Å². The van der Waals surface area contributed by atoms with Crippen LogP contribution in [0.2, 0.25) is 0 Å². The Balaban J connectivity index is 2.83. The van der Waals surface area contributed by atoms with Gasteiger partial charge in [0.1, 0.15) is 12.1 Å². The van der Waals surface area contributed by atoms with E-state index in [0.29, 0.717) is 11.8 Å². The van der Waals surface area contributed by atoms with Crippen molar-refractivity contribution in [1.29, 1.82) is 0 Å². The van der Waals surface area contributed by atoms with E-state index in [1.165, 1.54) is 18.2 Å². The van der Waals surface area contributed by atoms with Crippen LogP contribution < -0.4 is 0 Å². The number of benzene rings is 1. The highest BCUT2D eigenvalue weighted by atomic mass is 19.1. The second kappa shape index (κ2) is 4.89. The quantitative estimate of drug-likeness (QED) is 0.361. The number of carbonyl (C=O) groups is 1. The van der Waals surface area contributed by atoms with Crippen LogP contribution in [0.5, 0.6) is 0 Å². The Hall–Kier alpha value is -1.88. The first-order valence-corrected chi connectivity index (χ1v) is 3.71. The van der Waals surface area contributed by atoms with Crippen molar-refractivity contribution in [1.82, 2.24) is 0 Å². The Morgan fingerprint density at radius 1 is 1.31 bits per heavy atom. The fourth-order valence-electron chi connectivity index (χ4n) is 0.769. The molecule has 0 saturated heterocycles. The van der Waals surface area contributed by atoms with Crippen LogP contribution in [0.1, 0.15) is 5.56 Å². The minimum atomic E-state index is -0.352. The van der Waals surface area contributed by atoms with Crippen LogP contribution in [-0.4, -0.2) is 6.29 Å². The third-order valence-electron chi connectivity index (χ3n) is 1.34. The Morgan fingerprint density at radius 2 is 2.08 bits per heavy atom. The zero-order valence-corrected chi connectivity index (χ0v) is 6.83. The molecule has 0 fully saturated rings. The number of hydrogen-bond acceptors (Lipinski definition) is 1. The molecular weight excluding hydrogens is 167 g/mol. The number of aldehydes is 1. The first kappa shape index (κ1) is 9.21. The molecule has 0 N–H and O–H groups in total. The van der Waals surface area contributed by atoms with Crippen molar-refractivity contribution in [2.45, 2.75) is 0 Å². The van der Waals surface area contributed by atoms with Gasteiger partial charge in [0.05, 0.1) is 5.56 Å². The van der Waals surface area contributed by atoms with Gasteiger partial charge in [0.15, 0.2) is 0 Å².